The minimum atomic E-state index is -3.71. The van der Waals surface area contributed by atoms with E-state index in [4.69, 9.17) is 4.74 Å². The van der Waals surface area contributed by atoms with Crippen molar-refractivity contribution in [1.82, 2.24) is 8.87 Å². The highest BCUT2D eigenvalue weighted by Gasteiger charge is 2.39. The number of nitrogens with one attached hydrogen (secondary N) is 1. The number of pyridine rings is 1. The maximum atomic E-state index is 13.4. The van der Waals surface area contributed by atoms with E-state index in [0.717, 1.165) is 12.1 Å². The third kappa shape index (κ3) is 4.61. The van der Waals surface area contributed by atoms with E-state index < -0.39 is 10.0 Å². The maximum absolute atomic E-state index is 13.4. The van der Waals surface area contributed by atoms with Crippen LogP contribution in [0, 0.1) is 5.92 Å². The first-order valence-electron chi connectivity index (χ1n) is 11.7. The first kappa shape index (κ1) is 23.3. The van der Waals surface area contributed by atoms with Crippen LogP contribution >= 0.6 is 0 Å². The molecule has 3 heterocycles. The molecule has 2 aromatic carbocycles. The number of aromatic nitrogens is 1. The van der Waals surface area contributed by atoms with Gasteiger partial charge in [0, 0.05) is 48.6 Å². The van der Waals surface area contributed by atoms with Crippen molar-refractivity contribution in [3.05, 3.63) is 88.3 Å². The Hall–Kier alpha value is -3.43. The molecule has 182 valence electrons. The highest BCUT2D eigenvalue weighted by Crippen LogP contribution is 2.37. The van der Waals surface area contributed by atoms with E-state index >= 15 is 0 Å². The van der Waals surface area contributed by atoms with E-state index in [1.165, 1.54) is 16.4 Å². The lowest BCUT2D eigenvalue weighted by Gasteiger charge is -2.42. The van der Waals surface area contributed by atoms with E-state index in [9.17, 15) is 18.0 Å². The third-order valence-corrected chi connectivity index (χ3v) is 8.47. The number of piperidine rings is 1. The topological polar surface area (TPSA) is 97.7 Å². The predicted molar refractivity (Wildman–Crippen MR) is 132 cm³/mol. The Morgan fingerprint density at radius 2 is 1.74 bits per heavy atom. The number of sulfonamides is 1. The molecule has 2 bridgehead atoms. The highest BCUT2D eigenvalue weighted by atomic mass is 32.2. The van der Waals surface area contributed by atoms with Crippen LogP contribution in [0.25, 0.3) is 0 Å². The molecular weight excluding hydrogens is 466 g/mol. The van der Waals surface area contributed by atoms with Gasteiger partial charge in [-0.05, 0) is 73.9 Å². The van der Waals surface area contributed by atoms with Crippen LogP contribution in [-0.2, 0) is 16.6 Å². The van der Waals surface area contributed by atoms with Crippen LogP contribution in [0.2, 0.25) is 0 Å². The monoisotopic (exact) mass is 493 g/mol. The summed E-state index contributed by atoms with van der Waals surface area (Å²) in [6.07, 6.45) is 0.881. The van der Waals surface area contributed by atoms with Crippen molar-refractivity contribution in [2.75, 3.05) is 25.0 Å². The Labute approximate surface area is 204 Å². The number of carbonyl (C=O) groups is 1. The molecule has 9 heteroatoms. The number of nitrogens with zero attached hydrogens (tertiary/aromatic N) is 2. The van der Waals surface area contributed by atoms with Gasteiger partial charge in [0.15, 0.2) is 0 Å². The molecule has 1 amide bonds. The van der Waals surface area contributed by atoms with Crippen molar-refractivity contribution in [3.63, 3.8) is 0 Å². The minimum absolute atomic E-state index is 0.00106. The summed E-state index contributed by atoms with van der Waals surface area (Å²) in [4.78, 5) is 25.0. The van der Waals surface area contributed by atoms with Gasteiger partial charge in [0.25, 0.3) is 11.5 Å². The van der Waals surface area contributed by atoms with Crippen molar-refractivity contribution in [2.45, 2.75) is 30.7 Å². The number of hydrogen-bond donors (Lipinski definition) is 1. The van der Waals surface area contributed by atoms with Crippen molar-refractivity contribution >= 4 is 21.6 Å². The lowest BCUT2D eigenvalue weighted by atomic mass is 9.84. The summed E-state index contributed by atoms with van der Waals surface area (Å²) >= 11 is 0. The fourth-order valence-electron chi connectivity index (χ4n) is 4.98. The summed E-state index contributed by atoms with van der Waals surface area (Å²) < 4.78 is 35.5. The highest BCUT2D eigenvalue weighted by molar-refractivity contribution is 7.89. The Bertz CT molecular complexity index is 1400. The fraction of sp³-hybridized carbons (Fsp3) is 0.308. The van der Waals surface area contributed by atoms with Gasteiger partial charge in [-0.15, -0.1) is 0 Å². The second-order valence-electron chi connectivity index (χ2n) is 8.96. The number of fused-ring (bicyclic) bond motifs is 4. The summed E-state index contributed by atoms with van der Waals surface area (Å²) in [6.45, 7) is 3.71. The second kappa shape index (κ2) is 9.31. The largest absolute Gasteiger partial charge is 0.494 e. The van der Waals surface area contributed by atoms with E-state index in [2.05, 4.69) is 5.32 Å². The molecule has 0 aliphatic carbocycles. The summed E-state index contributed by atoms with van der Waals surface area (Å²) in [5.41, 5.74) is 1.86. The van der Waals surface area contributed by atoms with Crippen LogP contribution in [0.3, 0.4) is 0 Å². The Morgan fingerprint density at radius 3 is 2.46 bits per heavy atom. The maximum Gasteiger partial charge on any atom is 0.255 e. The number of benzene rings is 2. The summed E-state index contributed by atoms with van der Waals surface area (Å²) in [7, 11) is -3.71. The van der Waals surface area contributed by atoms with Crippen molar-refractivity contribution < 1.29 is 17.9 Å². The van der Waals surface area contributed by atoms with E-state index in [-0.39, 0.29) is 28.2 Å². The van der Waals surface area contributed by atoms with Gasteiger partial charge in [-0.3, -0.25) is 9.59 Å². The third-order valence-electron chi connectivity index (χ3n) is 6.62. The molecule has 3 aromatic rings. The molecule has 2 aliphatic heterocycles. The van der Waals surface area contributed by atoms with Crippen LogP contribution in [-0.4, -0.2) is 42.9 Å². The zero-order valence-electron chi connectivity index (χ0n) is 19.4. The average Bonchev–Trinajstić information content (AvgIpc) is 2.85. The van der Waals surface area contributed by atoms with Gasteiger partial charge >= 0.3 is 0 Å². The first-order chi connectivity index (χ1) is 16.8. The van der Waals surface area contributed by atoms with Gasteiger partial charge in [-0.25, -0.2) is 8.42 Å². The van der Waals surface area contributed by atoms with Crippen LogP contribution < -0.4 is 15.6 Å². The fourth-order valence-corrected chi connectivity index (χ4v) is 6.54. The molecule has 8 nitrogen and oxygen atoms in total. The smallest absolute Gasteiger partial charge is 0.255 e. The van der Waals surface area contributed by atoms with Crippen molar-refractivity contribution in [2.24, 2.45) is 5.92 Å². The quantitative estimate of drug-likeness (QED) is 0.568. The Balaban J connectivity index is 1.29. The van der Waals surface area contributed by atoms with Crippen LogP contribution in [0.15, 0.2) is 76.4 Å². The SMILES string of the molecule is CCOc1ccc(C(=O)Nc2ccc(S(=O)(=O)N3C[C@@H]4C[C@@H](C3)c3cccc(=O)n3C4)cc2)cc1. The predicted octanol–water partition coefficient (Wildman–Crippen LogP) is 3.31. The Morgan fingerprint density at radius 1 is 1.00 bits per heavy atom. The molecule has 1 aromatic heterocycles. The number of amides is 1. The summed E-state index contributed by atoms with van der Waals surface area (Å²) in [6, 6.07) is 18.3. The molecular formula is C26H27N3O5S. The minimum Gasteiger partial charge on any atom is -0.494 e. The van der Waals surface area contributed by atoms with Gasteiger partial charge in [0.05, 0.1) is 11.5 Å². The molecule has 1 saturated heterocycles. The van der Waals surface area contributed by atoms with Crippen LogP contribution in [0.4, 0.5) is 5.69 Å². The number of ether oxygens (including phenoxy) is 1. The first-order valence-corrected chi connectivity index (χ1v) is 13.1. The van der Waals surface area contributed by atoms with Gasteiger partial charge in [-0.1, -0.05) is 6.07 Å². The van der Waals surface area contributed by atoms with E-state index in [0.29, 0.717) is 43.2 Å². The average molecular weight is 494 g/mol. The van der Waals surface area contributed by atoms with Crippen LogP contribution in [0.5, 0.6) is 5.75 Å². The molecule has 0 unspecified atom stereocenters. The van der Waals surface area contributed by atoms with Crippen molar-refractivity contribution in [3.8, 4) is 5.75 Å². The number of hydrogen-bond acceptors (Lipinski definition) is 5. The standard InChI is InChI=1S/C26H27N3O5S/c1-2-34-22-10-6-19(7-11-22)26(31)27-21-8-12-23(13-9-21)35(32,33)28-15-18-14-20(17-28)24-4-3-5-25(30)29(24)16-18/h3-13,18,20H,2,14-17H2,1H3,(H,27,31)/t18-,20-/m0/s1. The number of carbonyl (C=O) groups excluding carboxylic acids is 1. The van der Waals surface area contributed by atoms with E-state index in [1.54, 1.807) is 53.1 Å². The van der Waals surface area contributed by atoms with Gasteiger partial charge in [0.2, 0.25) is 10.0 Å². The molecule has 35 heavy (non-hydrogen) atoms. The molecule has 2 atom stereocenters. The number of rotatable bonds is 6. The van der Waals surface area contributed by atoms with Crippen LogP contribution in [0.1, 0.15) is 35.3 Å². The second-order valence-corrected chi connectivity index (χ2v) is 10.9. The molecule has 1 N–H and O–H groups in total. The van der Waals surface area contributed by atoms with Gasteiger partial charge in [0.1, 0.15) is 5.75 Å². The molecule has 2 aliphatic rings. The van der Waals surface area contributed by atoms with E-state index in [1.807, 2.05) is 13.0 Å². The molecule has 0 radical (unpaired) electrons. The zero-order chi connectivity index (χ0) is 24.6. The van der Waals surface area contributed by atoms with Crippen molar-refractivity contribution in [1.29, 1.82) is 0 Å². The molecule has 0 spiro atoms. The summed E-state index contributed by atoms with van der Waals surface area (Å²) in [5, 5.41) is 2.80. The van der Waals surface area contributed by atoms with Gasteiger partial charge < -0.3 is 14.6 Å². The normalized spacial score (nSPS) is 19.6. The lowest BCUT2D eigenvalue weighted by Crippen LogP contribution is -2.48. The molecule has 1 fully saturated rings. The molecule has 5 rings (SSSR count). The van der Waals surface area contributed by atoms with Gasteiger partial charge in [-0.2, -0.15) is 4.31 Å². The summed E-state index contributed by atoms with van der Waals surface area (Å²) in [5.74, 6) is 0.500. The number of anilines is 1. The molecule has 0 saturated carbocycles. The zero-order valence-corrected chi connectivity index (χ0v) is 20.2. The lowest BCUT2D eigenvalue weighted by molar-refractivity contribution is 0.102. The Kier molecular flexibility index (Phi) is 6.21.